The van der Waals surface area contributed by atoms with E-state index >= 15 is 0 Å². The van der Waals surface area contributed by atoms with Gasteiger partial charge in [-0.15, -0.1) is 0 Å². The fourth-order valence-electron chi connectivity index (χ4n) is 0.875. The Morgan fingerprint density at radius 2 is 1.57 bits per heavy atom. The van der Waals surface area contributed by atoms with E-state index in [-0.39, 0.29) is 5.56 Å². The van der Waals surface area contributed by atoms with E-state index in [9.17, 15) is 21.6 Å². The van der Waals surface area contributed by atoms with Crippen molar-refractivity contribution in [2.75, 3.05) is 0 Å². The maximum atomic E-state index is 11.9. The van der Waals surface area contributed by atoms with Gasteiger partial charge in [0.25, 0.3) is 9.84 Å². The van der Waals surface area contributed by atoms with Crippen LogP contribution in [0, 0.1) is 0 Å². The van der Waals surface area contributed by atoms with Gasteiger partial charge in [0.05, 0.1) is 5.75 Å². The fourth-order valence-corrected chi connectivity index (χ4v) is 1.67. The number of sulfone groups is 1. The number of hydrogen-bond donors (Lipinski definition) is 0. The summed E-state index contributed by atoms with van der Waals surface area (Å²) in [6, 6.07) is 7.25. The molecule has 0 amide bonds. The summed E-state index contributed by atoms with van der Waals surface area (Å²) in [4.78, 5) is 0. The van der Waals surface area contributed by atoms with Crippen LogP contribution in [0.5, 0.6) is 0 Å². The second kappa shape index (κ2) is 3.61. The first kappa shape index (κ1) is 11.0. The predicted molar refractivity (Wildman–Crippen MR) is 45.1 cm³/mol. The lowest BCUT2D eigenvalue weighted by Gasteiger charge is -2.07. The van der Waals surface area contributed by atoms with Gasteiger partial charge in [-0.3, -0.25) is 0 Å². The van der Waals surface area contributed by atoms with Crippen molar-refractivity contribution in [3.8, 4) is 0 Å². The van der Waals surface area contributed by atoms with Crippen LogP contribution in [-0.2, 0) is 15.6 Å². The average Bonchev–Trinajstić information content (AvgIpc) is 2.03. The third-order valence-corrected chi connectivity index (χ3v) is 2.97. The Bertz CT molecular complexity index is 394. The zero-order chi connectivity index (χ0) is 10.8. The van der Waals surface area contributed by atoms with Gasteiger partial charge < -0.3 is 0 Å². The molecule has 0 fully saturated rings. The molecule has 78 valence electrons. The Morgan fingerprint density at radius 3 is 2.00 bits per heavy atom. The van der Waals surface area contributed by atoms with Gasteiger partial charge >= 0.3 is 5.51 Å². The van der Waals surface area contributed by atoms with E-state index in [2.05, 4.69) is 0 Å². The first-order valence-corrected chi connectivity index (χ1v) is 5.31. The van der Waals surface area contributed by atoms with E-state index in [1.807, 2.05) is 0 Å². The summed E-state index contributed by atoms with van der Waals surface area (Å²) in [5.74, 6) is -1.00. The van der Waals surface area contributed by atoms with Crippen LogP contribution in [0.3, 0.4) is 0 Å². The van der Waals surface area contributed by atoms with Gasteiger partial charge in [0.2, 0.25) is 0 Å². The molecule has 2 nitrogen and oxygen atoms in total. The van der Waals surface area contributed by atoms with Crippen LogP contribution < -0.4 is 0 Å². The van der Waals surface area contributed by atoms with Gasteiger partial charge in [0.1, 0.15) is 0 Å². The second-order valence-corrected chi connectivity index (χ2v) is 4.67. The van der Waals surface area contributed by atoms with E-state index in [1.54, 1.807) is 6.07 Å². The molecule has 0 N–H and O–H groups in total. The lowest BCUT2D eigenvalue weighted by atomic mass is 10.2. The molecular weight excluding hydrogens is 217 g/mol. The summed E-state index contributed by atoms with van der Waals surface area (Å²) in [6.45, 7) is 0. The minimum atomic E-state index is -5.18. The van der Waals surface area contributed by atoms with E-state index in [0.717, 1.165) is 0 Å². The molecule has 0 atom stereocenters. The number of hydrogen-bond acceptors (Lipinski definition) is 2. The Kier molecular flexibility index (Phi) is 2.84. The summed E-state index contributed by atoms with van der Waals surface area (Å²) < 4.78 is 57.2. The molecule has 0 radical (unpaired) electrons. The molecule has 0 saturated heterocycles. The maximum absolute atomic E-state index is 11.9. The van der Waals surface area contributed by atoms with Crippen molar-refractivity contribution in [1.82, 2.24) is 0 Å². The summed E-state index contributed by atoms with van der Waals surface area (Å²) >= 11 is 0. The van der Waals surface area contributed by atoms with Crippen molar-refractivity contribution < 1.29 is 21.6 Å². The molecule has 0 spiro atoms. The molecule has 1 aromatic rings. The highest BCUT2D eigenvalue weighted by molar-refractivity contribution is 7.91. The van der Waals surface area contributed by atoms with Crippen molar-refractivity contribution in [3.05, 3.63) is 35.9 Å². The SMILES string of the molecule is O=S(=O)(Cc1ccccc1)C(F)(F)F. The van der Waals surface area contributed by atoms with Crippen LogP contribution in [0.4, 0.5) is 13.2 Å². The minimum Gasteiger partial charge on any atom is -0.219 e. The first-order chi connectivity index (χ1) is 6.33. The van der Waals surface area contributed by atoms with Crippen molar-refractivity contribution in [2.45, 2.75) is 11.3 Å². The van der Waals surface area contributed by atoms with E-state index in [4.69, 9.17) is 0 Å². The van der Waals surface area contributed by atoms with Crippen LogP contribution >= 0.6 is 0 Å². The zero-order valence-corrected chi connectivity index (χ0v) is 7.77. The summed E-state index contributed by atoms with van der Waals surface area (Å²) in [5, 5.41) is 0. The highest BCUT2D eigenvalue weighted by Crippen LogP contribution is 2.26. The largest absolute Gasteiger partial charge is 0.497 e. The Morgan fingerprint density at radius 1 is 1.07 bits per heavy atom. The molecule has 14 heavy (non-hydrogen) atoms. The monoisotopic (exact) mass is 224 g/mol. The number of benzene rings is 1. The molecule has 6 heteroatoms. The van der Waals surface area contributed by atoms with Crippen LogP contribution in [0.2, 0.25) is 0 Å². The second-order valence-electron chi connectivity index (χ2n) is 2.69. The van der Waals surface area contributed by atoms with Crippen LogP contribution in [0.1, 0.15) is 5.56 Å². The molecule has 0 heterocycles. The molecule has 0 aromatic heterocycles. The lowest BCUT2D eigenvalue weighted by molar-refractivity contribution is -0.0437. The predicted octanol–water partition coefficient (Wildman–Crippen LogP) is 2.12. The summed E-state index contributed by atoms with van der Waals surface area (Å²) in [6.07, 6.45) is 0. The average molecular weight is 224 g/mol. The van der Waals surface area contributed by atoms with Gasteiger partial charge in [0.15, 0.2) is 0 Å². The van der Waals surface area contributed by atoms with Gasteiger partial charge in [0, 0.05) is 0 Å². The smallest absolute Gasteiger partial charge is 0.219 e. The molecule has 0 aliphatic carbocycles. The highest BCUT2D eigenvalue weighted by Gasteiger charge is 2.45. The Hall–Kier alpha value is -1.04. The molecule has 0 aliphatic heterocycles. The quantitative estimate of drug-likeness (QED) is 0.771. The third kappa shape index (κ3) is 2.47. The highest BCUT2D eigenvalue weighted by atomic mass is 32.2. The normalized spacial score (nSPS) is 12.8. The molecule has 0 unspecified atom stereocenters. The van der Waals surface area contributed by atoms with Gasteiger partial charge in [-0.25, -0.2) is 8.42 Å². The molecule has 1 rings (SSSR count). The molecule has 0 aliphatic rings. The van der Waals surface area contributed by atoms with Crippen molar-refractivity contribution in [1.29, 1.82) is 0 Å². The lowest BCUT2D eigenvalue weighted by Crippen LogP contribution is -2.24. The molecule has 1 aromatic carbocycles. The van der Waals surface area contributed by atoms with Gasteiger partial charge in [-0.1, -0.05) is 30.3 Å². The topological polar surface area (TPSA) is 34.1 Å². The Balaban J connectivity index is 2.91. The summed E-state index contributed by atoms with van der Waals surface area (Å²) in [5.41, 5.74) is -5.05. The fraction of sp³-hybridized carbons (Fsp3) is 0.250. The number of halogens is 3. The van der Waals surface area contributed by atoms with E-state index in [0.29, 0.717) is 0 Å². The van der Waals surface area contributed by atoms with Crippen molar-refractivity contribution in [2.24, 2.45) is 0 Å². The van der Waals surface area contributed by atoms with Crippen molar-refractivity contribution in [3.63, 3.8) is 0 Å². The van der Waals surface area contributed by atoms with Crippen LogP contribution in [-0.4, -0.2) is 13.9 Å². The van der Waals surface area contributed by atoms with Crippen LogP contribution in [0.25, 0.3) is 0 Å². The molecule has 0 saturated carbocycles. The third-order valence-electron chi connectivity index (χ3n) is 1.55. The standard InChI is InChI=1S/C8H7F3O2S/c9-8(10,11)14(12,13)6-7-4-2-1-3-5-7/h1-5H,6H2. The Labute approximate surface area is 79.3 Å². The van der Waals surface area contributed by atoms with Crippen molar-refractivity contribution >= 4 is 9.84 Å². The first-order valence-electron chi connectivity index (χ1n) is 3.66. The van der Waals surface area contributed by atoms with Gasteiger partial charge in [-0.05, 0) is 5.56 Å². The van der Waals surface area contributed by atoms with E-state index in [1.165, 1.54) is 24.3 Å². The number of alkyl halides is 3. The van der Waals surface area contributed by atoms with Crippen LogP contribution in [0.15, 0.2) is 30.3 Å². The maximum Gasteiger partial charge on any atom is 0.497 e. The zero-order valence-electron chi connectivity index (χ0n) is 6.95. The number of rotatable bonds is 2. The molecule has 0 bridgehead atoms. The minimum absolute atomic E-state index is 0.129. The summed E-state index contributed by atoms with van der Waals surface area (Å²) in [7, 11) is -5.05. The van der Waals surface area contributed by atoms with E-state index < -0.39 is 21.1 Å². The van der Waals surface area contributed by atoms with Gasteiger partial charge in [-0.2, -0.15) is 13.2 Å². The molecular formula is C8H7F3O2S.